The summed E-state index contributed by atoms with van der Waals surface area (Å²) in [5.74, 6) is -1.04. The van der Waals surface area contributed by atoms with Crippen LogP contribution in [0.25, 0.3) is 0 Å². The Morgan fingerprint density at radius 1 is 1.12 bits per heavy atom. The molecule has 0 saturated heterocycles. The van der Waals surface area contributed by atoms with E-state index in [-0.39, 0.29) is 43.7 Å². The minimum atomic E-state index is -4.47. The Morgan fingerprint density at radius 2 is 1.84 bits per heavy atom. The van der Waals surface area contributed by atoms with Gasteiger partial charge >= 0.3 is 6.18 Å². The molecule has 1 aliphatic heterocycles. The number of benzene rings is 2. The number of hydrogen-bond acceptors (Lipinski definition) is 3. The molecular weight excluding hydrogens is 423 g/mol. The van der Waals surface area contributed by atoms with Crippen LogP contribution in [0, 0.1) is 0 Å². The van der Waals surface area contributed by atoms with Crippen LogP contribution in [-0.2, 0) is 20.6 Å². The molecule has 1 aliphatic rings. The predicted octanol–water partition coefficient (Wildman–Crippen LogP) is 4.38. The van der Waals surface area contributed by atoms with Crippen LogP contribution >= 0.6 is 0 Å². The summed E-state index contributed by atoms with van der Waals surface area (Å²) < 4.78 is 39.1. The molecule has 3 amide bonds. The van der Waals surface area contributed by atoms with E-state index in [0.717, 1.165) is 12.1 Å². The van der Waals surface area contributed by atoms with Gasteiger partial charge in [-0.3, -0.25) is 14.4 Å². The molecule has 0 radical (unpaired) electrons. The van der Waals surface area contributed by atoms with Crippen molar-refractivity contribution in [1.29, 1.82) is 0 Å². The van der Waals surface area contributed by atoms with Gasteiger partial charge in [0.05, 0.1) is 23.0 Å². The van der Waals surface area contributed by atoms with Crippen molar-refractivity contribution in [2.45, 2.75) is 38.9 Å². The van der Waals surface area contributed by atoms with Crippen LogP contribution in [0.4, 0.5) is 24.5 Å². The number of carbonyl (C=O) groups is 3. The van der Waals surface area contributed by atoms with Crippen molar-refractivity contribution in [3.63, 3.8) is 0 Å². The largest absolute Gasteiger partial charge is 0.416 e. The molecule has 170 valence electrons. The average Bonchev–Trinajstić information content (AvgIpc) is 2.76. The number of carbonyl (C=O) groups excluding carboxylic acids is 3. The highest BCUT2D eigenvalue weighted by molar-refractivity contribution is 6.10. The second-order valence-electron chi connectivity index (χ2n) is 7.52. The van der Waals surface area contributed by atoms with Gasteiger partial charge in [0.25, 0.3) is 0 Å². The third kappa shape index (κ3) is 5.09. The number of halogens is 3. The molecule has 1 atom stereocenters. The highest BCUT2D eigenvalue weighted by atomic mass is 19.4. The van der Waals surface area contributed by atoms with Crippen LogP contribution in [0.2, 0.25) is 0 Å². The monoisotopic (exact) mass is 447 g/mol. The zero-order valence-corrected chi connectivity index (χ0v) is 17.8. The molecule has 2 aromatic carbocycles. The molecule has 0 bridgehead atoms. The third-order valence-electron chi connectivity index (χ3n) is 5.45. The lowest BCUT2D eigenvalue weighted by molar-refractivity contribution is -0.137. The number of fused-ring (bicyclic) bond motifs is 1. The summed E-state index contributed by atoms with van der Waals surface area (Å²) in [6.07, 6.45) is -4.71. The number of nitrogens with zero attached hydrogens (tertiary/aromatic N) is 2. The lowest BCUT2D eigenvalue weighted by Crippen LogP contribution is -2.42. The summed E-state index contributed by atoms with van der Waals surface area (Å²) in [5, 5.41) is 2.70. The van der Waals surface area contributed by atoms with Crippen LogP contribution in [-0.4, -0.2) is 35.7 Å². The molecule has 6 nitrogen and oxygen atoms in total. The summed E-state index contributed by atoms with van der Waals surface area (Å²) in [4.78, 5) is 40.3. The third-order valence-corrected chi connectivity index (χ3v) is 5.45. The van der Waals surface area contributed by atoms with Crippen molar-refractivity contribution < 1.29 is 27.6 Å². The maximum absolute atomic E-state index is 13.0. The summed E-state index contributed by atoms with van der Waals surface area (Å²) in [6, 6.07) is 11.2. The molecular formula is C23H24F3N3O3. The number of amides is 3. The molecule has 0 saturated carbocycles. The van der Waals surface area contributed by atoms with E-state index in [4.69, 9.17) is 0 Å². The van der Waals surface area contributed by atoms with Crippen LogP contribution in [0.5, 0.6) is 0 Å². The second-order valence-corrected chi connectivity index (χ2v) is 7.52. The normalized spacial score (nSPS) is 14.4. The Hall–Kier alpha value is -3.36. The van der Waals surface area contributed by atoms with Gasteiger partial charge in [-0.25, -0.2) is 0 Å². The second kappa shape index (κ2) is 9.42. The first-order chi connectivity index (χ1) is 15.1. The van der Waals surface area contributed by atoms with E-state index < -0.39 is 17.8 Å². The molecule has 3 rings (SSSR count). The minimum Gasteiger partial charge on any atom is -0.336 e. The van der Waals surface area contributed by atoms with E-state index >= 15 is 0 Å². The molecule has 2 aromatic rings. The van der Waals surface area contributed by atoms with E-state index in [1.807, 2.05) is 0 Å². The van der Waals surface area contributed by atoms with Crippen LogP contribution in [0.15, 0.2) is 48.5 Å². The zero-order chi connectivity index (χ0) is 23.5. The maximum atomic E-state index is 13.0. The number of anilines is 2. The van der Waals surface area contributed by atoms with E-state index in [1.165, 1.54) is 15.9 Å². The average molecular weight is 447 g/mol. The summed E-state index contributed by atoms with van der Waals surface area (Å²) >= 11 is 0. The molecule has 0 aromatic heterocycles. The van der Waals surface area contributed by atoms with Gasteiger partial charge in [-0.1, -0.05) is 24.3 Å². The van der Waals surface area contributed by atoms with E-state index in [2.05, 4.69) is 5.32 Å². The summed E-state index contributed by atoms with van der Waals surface area (Å²) in [5.41, 5.74) is 0.677. The summed E-state index contributed by atoms with van der Waals surface area (Å²) in [6.45, 7) is 3.53. The first-order valence-electron chi connectivity index (χ1n) is 10.3. The topological polar surface area (TPSA) is 69.7 Å². The first-order valence-corrected chi connectivity index (χ1v) is 10.3. The molecule has 0 fully saturated rings. The number of para-hydroxylation sites is 2. The van der Waals surface area contributed by atoms with E-state index in [1.54, 1.807) is 44.2 Å². The number of hydrogen-bond donors (Lipinski definition) is 1. The fourth-order valence-electron chi connectivity index (χ4n) is 3.77. The van der Waals surface area contributed by atoms with Gasteiger partial charge in [0.1, 0.15) is 6.54 Å². The maximum Gasteiger partial charge on any atom is 0.416 e. The number of alkyl halides is 3. The Kier molecular flexibility index (Phi) is 6.86. The van der Waals surface area contributed by atoms with Gasteiger partial charge < -0.3 is 15.1 Å². The van der Waals surface area contributed by atoms with Crippen molar-refractivity contribution in [2.24, 2.45) is 0 Å². The highest BCUT2D eigenvalue weighted by Crippen LogP contribution is 2.32. The number of rotatable bonds is 6. The fourth-order valence-corrected chi connectivity index (χ4v) is 3.77. The van der Waals surface area contributed by atoms with Crippen molar-refractivity contribution in [2.75, 3.05) is 23.3 Å². The predicted molar refractivity (Wildman–Crippen MR) is 114 cm³/mol. The van der Waals surface area contributed by atoms with Gasteiger partial charge in [-0.05, 0) is 43.7 Å². The van der Waals surface area contributed by atoms with Crippen LogP contribution in [0.1, 0.15) is 43.9 Å². The summed E-state index contributed by atoms with van der Waals surface area (Å²) in [7, 11) is 0. The zero-order valence-electron chi connectivity index (χ0n) is 17.8. The lowest BCUT2D eigenvalue weighted by atomic mass is 10.0. The molecule has 1 heterocycles. The Labute approximate surface area is 184 Å². The van der Waals surface area contributed by atoms with E-state index in [9.17, 15) is 27.6 Å². The molecule has 1 N–H and O–H groups in total. The van der Waals surface area contributed by atoms with Gasteiger partial charge in [-0.15, -0.1) is 0 Å². The highest BCUT2D eigenvalue weighted by Gasteiger charge is 2.32. The standard InChI is InChI=1S/C23H24F3N3O3/c1-3-28(15(2)16-7-6-8-17(13-16)23(24,25)26)21(31)11-12-22(32)29-14-20(30)27-18-9-4-5-10-19(18)29/h4-10,13,15H,3,11-12,14H2,1-2H3,(H,27,30). The van der Waals surface area contributed by atoms with Crippen molar-refractivity contribution in [3.05, 3.63) is 59.7 Å². The van der Waals surface area contributed by atoms with Crippen LogP contribution < -0.4 is 10.2 Å². The van der Waals surface area contributed by atoms with Crippen molar-refractivity contribution in [3.8, 4) is 0 Å². The van der Waals surface area contributed by atoms with Crippen LogP contribution in [0.3, 0.4) is 0 Å². The molecule has 9 heteroatoms. The fraction of sp³-hybridized carbons (Fsp3) is 0.348. The Morgan fingerprint density at radius 3 is 2.53 bits per heavy atom. The van der Waals surface area contributed by atoms with Gasteiger partial charge in [0.15, 0.2) is 0 Å². The van der Waals surface area contributed by atoms with Gasteiger partial charge in [0.2, 0.25) is 17.7 Å². The van der Waals surface area contributed by atoms with Gasteiger partial charge in [0, 0.05) is 19.4 Å². The molecule has 32 heavy (non-hydrogen) atoms. The van der Waals surface area contributed by atoms with Crippen molar-refractivity contribution >= 4 is 29.1 Å². The lowest BCUT2D eigenvalue weighted by Gasteiger charge is -2.31. The molecule has 1 unspecified atom stereocenters. The van der Waals surface area contributed by atoms with Gasteiger partial charge in [-0.2, -0.15) is 13.2 Å². The smallest absolute Gasteiger partial charge is 0.336 e. The Balaban J connectivity index is 1.68. The molecule has 0 aliphatic carbocycles. The SMILES string of the molecule is CCN(C(=O)CCC(=O)N1CC(=O)Nc2ccccc21)C(C)c1cccc(C(F)(F)F)c1. The Bertz CT molecular complexity index is 1020. The molecule has 0 spiro atoms. The minimum absolute atomic E-state index is 0.115. The number of nitrogens with one attached hydrogen (secondary N) is 1. The first kappa shape index (κ1) is 23.3. The van der Waals surface area contributed by atoms with Crippen molar-refractivity contribution in [1.82, 2.24) is 4.90 Å². The quantitative estimate of drug-likeness (QED) is 0.715. The van der Waals surface area contributed by atoms with E-state index in [0.29, 0.717) is 16.9 Å².